The first-order valence-electron chi connectivity index (χ1n) is 8.16. The van der Waals surface area contributed by atoms with E-state index in [2.05, 4.69) is 53.6 Å². The summed E-state index contributed by atoms with van der Waals surface area (Å²) in [5, 5.41) is 6.56. The van der Waals surface area contributed by atoms with Gasteiger partial charge in [-0.05, 0) is 53.2 Å². The molecule has 144 valence electrons. The van der Waals surface area contributed by atoms with Crippen LogP contribution in [0.2, 0.25) is 0 Å². The highest BCUT2D eigenvalue weighted by Crippen LogP contribution is 2.21. The Labute approximate surface area is 180 Å². The molecule has 0 spiro atoms. The van der Waals surface area contributed by atoms with Crippen molar-refractivity contribution in [3.05, 3.63) is 62.5 Å². The number of halogens is 2. The summed E-state index contributed by atoms with van der Waals surface area (Å²) in [6.45, 7) is 1.69. The van der Waals surface area contributed by atoms with Gasteiger partial charge in [0.15, 0.2) is 0 Å². The first kappa shape index (κ1) is 21.7. The van der Waals surface area contributed by atoms with Gasteiger partial charge in [-0.2, -0.15) is 5.10 Å². The molecular weight excluding hydrogens is 490 g/mol. The Morgan fingerprint density at radius 3 is 2.75 bits per heavy atom. The number of carbonyl (C=O) groups is 2. The van der Waals surface area contributed by atoms with Crippen LogP contribution in [0.5, 0.6) is 5.75 Å². The third kappa shape index (κ3) is 6.22. The molecule has 1 unspecified atom stereocenters. The number of benzene rings is 2. The molecule has 2 aromatic rings. The molecule has 2 aromatic carbocycles. The van der Waals surface area contributed by atoms with E-state index < -0.39 is 11.9 Å². The van der Waals surface area contributed by atoms with Crippen molar-refractivity contribution in [1.29, 1.82) is 0 Å². The van der Waals surface area contributed by atoms with Crippen molar-refractivity contribution in [2.75, 3.05) is 6.61 Å². The van der Waals surface area contributed by atoms with E-state index in [1.54, 1.807) is 49.4 Å². The lowest BCUT2D eigenvalue weighted by Gasteiger charge is -2.13. The molecule has 0 heterocycles. The number of nitrogens with zero attached hydrogens (tertiary/aromatic N) is 1. The zero-order chi connectivity index (χ0) is 20.5. The summed E-state index contributed by atoms with van der Waals surface area (Å²) < 4.78 is 6.90. The summed E-state index contributed by atoms with van der Waals surface area (Å²) in [5.41, 5.74) is 3.47. The van der Waals surface area contributed by atoms with Crippen LogP contribution in [0.1, 0.15) is 22.8 Å². The van der Waals surface area contributed by atoms with Crippen LogP contribution in [-0.4, -0.2) is 30.7 Å². The fraction of sp³-hybridized carbons (Fsp3) is 0.150. The van der Waals surface area contributed by atoms with Crippen molar-refractivity contribution in [2.45, 2.75) is 13.0 Å². The third-order valence-electron chi connectivity index (χ3n) is 3.52. The Morgan fingerprint density at radius 2 is 2.04 bits per heavy atom. The van der Waals surface area contributed by atoms with Gasteiger partial charge in [0, 0.05) is 14.5 Å². The van der Waals surface area contributed by atoms with Crippen molar-refractivity contribution >= 4 is 49.9 Å². The van der Waals surface area contributed by atoms with Gasteiger partial charge >= 0.3 is 0 Å². The summed E-state index contributed by atoms with van der Waals surface area (Å²) in [7, 11) is 0. The molecule has 1 atom stereocenters. The Balaban J connectivity index is 1.98. The molecule has 0 saturated heterocycles. The van der Waals surface area contributed by atoms with Crippen LogP contribution in [0.4, 0.5) is 0 Å². The van der Waals surface area contributed by atoms with Crippen molar-refractivity contribution in [1.82, 2.24) is 10.7 Å². The number of hydrogen-bond donors (Lipinski definition) is 2. The number of terminal acetylenes is 1. The monoisotopic (exact) mass is 505 g/mol. The summed E-state index contributed by atoms with van der Waals surface area (Å²) in [6, 6.07) is 11.5. The summed E-state index contributed by atoms with van der Waals surface area (Å²) in [6.07, 6.45) is 6.65. The van der Waals surface area contributed by atoms with E-state index in [4.69, 9.17) is 11.2 Å². The highest BCUT2D eigenvalue weighted by molar-refractivity contribution is 9.10. The van der Waals surface area contributed by atoms with Gasteiger partial charge in [-0.1, -0.05) is 34.0 Å². The molecule has 0 aliphatic heterocycles. The van der Waals surface area contributed by atoms with Crippen LogP contribution < -0.4 is 15.5 Å². The number of nitrogens with one attached hydrogen (secondary N) is 2. The zero-order valence-electron chi connectivity index (χ0n) is 14.9. The number of amides is 2. The maximum Gasteiger partial charge on any atom is 0.262 e. The Hall–Kier alpha value is -2.63. The SMILES string of the molecule is C#CCOc1ccc(Br)cc1C=NNC(=O)C(C)NC(=O)c1ccccc1Br. The van der Waals surface area contributed by atoms with Gasteiger partial charge < -0.3 is 10.1 Å². The molecule has 28 heavy (non-hydrogen) atoms. The van der Waals surface area contributed by atoms with Crippen molar-refractivity contribution in [3.8, 4) is 18.1 Å². The largest absolute Gasteiger partial charge is 0.480 e. The molecular formula is C20H17Br2N3O3. The molecule has 0 aromatic heterocycles. The van der Waals surface area contributed by atoms with E-state index in [1.807, 2.05) is 0 Å². The topological polar surface area (TPSA) is 79.8 Å². The van der Waals surface area contributed by atoms with Crippen LogP contribution in [0, 0.1) is 12.3 Å². The highest BCUT2D eigenvalue weighted by Gasteiger charge is 2.17. The first-order valence-corrected chi connectivity index (χ1v) is 9.75. The molecule has 2 rings (SSSR count). The normalized spacial score (nSPS) is 11.5. The van der Waals surface area contributed by atoms with E-state index in [-0.39, 0.29) is 12.5 Å². The van der Waals surface area contributed by atoms with Gasteiger partial charge in [0.25, 0.3) is 11.8 Å². The number of hydrazone groups is 1. The number of hydrogen-bond acceptors (Lipinski definition) is 4. The number of rotatable bonds is 7. The molecule has 0 radical (unpaired) electrons. The molecule has 8 heteroatoms. The summed E-state index contributed by atoms with van der Waals surface area (Å²) >= 11 is 6.68. The lowest BCUT2D eigenvalue weighted by atomic mass is 10.2. The second kappa shape index (κ2) is 10.6. The Morgan fingerprint density at radius 1 is 1.29 bits per heavy atom. The van der Waals surface area contributed by atoms with Gasteiger partial charge in [-0.3, -0.25) is 9.59 Å². The molecule has 2 amide bonds. The van der Waals surface area contributed by atoms with Crippen LogP contribution in [0.3, 0.4) is 0 Å². The van der Waals surface area contributed by atoms with Crippen LogP contribution >= 0.6 is 31.9 Å². The zero-order valence-corrected chi connectivity index (χ0v) is 18.1. The fourth-order valence-electron chi connectivity index (χ4n) is 2.12. The maximum absolute atomic E-state index is 12.3. The molecule has 0 aliphatic rings. The fourth-order valence-corrected chi connectivity index (χ4v) is 2.96. The number of carbonyl (C=O) groups excluding carboxylic acids is 2. The second-order valence-electron chi connectivity index (χ2n) is 5.58. The highest BCUT2D eigenvalue weighted by atomic mass is 79.9. The predicted octanol–water partition coefficient (Wildman–Crippen LogP) is 3.49. The van der Waals surface area contributed by atoms with E-state index >= 15 is 0 Å². The van der Waals surface area contributed by atoms with Gasteiger partial charge in [0.05, 0.1) is 11.8 Å². The Bertz CT molecular complexity index is 939. The lowest BCUT2D eigenvalue weighted by molar-refractivity contribution is -0.122. The summed E-state index contributed by atoms with van der Waals surface area (Å²) in [4.78, 5) is 24.5. The smallest absolute Gasteiger partial charge is 0.262 e. The summed E-state index contributed by atoms with van der Waals surface area (Å²) in [5.74, 6) is 2.10. The predicted molar refractivity (Wildman–Crippen MR) is 115 cm³/mol. The first-order chi connectivity index (χ1) is 13.4. The standard InChI is InChI=1S/C20H17Br2N3O3/c1-3-10-28-18-9-8-15(21)11-14(18)12-23-25-19(26)13(2)24-20(27)16-6-4-5-7-17(16)22/h1,4-9,11-13H,10H2,2H3,(H,24,27)(H,25,26). The third-order valence-corrected chi connectivity index (χ3v) is 4.71. The molecule has 6 nitrogen and oxygen atoms in total. The van der Waals surface area contributed by atoms with Crippen molar-refractivity contribution < 1.29 is 14.3 Å². The second-order valence-corrected chi connectivity index (χ2v) is 7.35. The minimum absolute atomic E-state index is 0.118. The lowest BCUT2D eigenvalue weighted by Crippen LogP contribution is -2.43. The molecule has 0 saturated carbocycles. The maximum atomic E-state index is 12.3. The van der Waals surface area contributed by atoms with Gasteiger partial charge in [-0.15, -0.1) is 6.42 Å². The minimum atomic E-state index is -0.781. The van der Waals surface area contributed by atoms with Crippen LogP contribution in [0.25, 0.3) is 0 Å². The molecule has 0 fully saturated rings. The van der Waals surface area contributed by atoms with E-state index in [0.717, 1.165) is 4.47 Å². The molecule has 0 aliphatic carbocycles. The van der Waals surface area contributed by atoms with Crippen LogP contribution in [0.15, 0.2) is 56.5 Å². The van der Waals surface area contributed by atoms with Crippen molar-refractivity contribution in [3.63, 3.8) is 0 Å². The average molecular weight is 507 g/mol. The average Bonchev–Trinajstić information content (AvgIpc) is 2.67. The van der Waals surface area contributed by atoms with E-state index in [0.29, 0.717) is 21.3 Å². The Kier molecular flexibility index (Phi) is 8.23. The molecule has 2 N–H and O–H groups in total. The quantitative estimate of drug-likeness (QED) is 0.342. The van der Waals surface area contributed by atoms with E-state index in [9.17, 15) is 9.59 Å². The van der Waals surface area contributed by atoms with E-state index in [1.165, 1.54) is 6.21 Å². The van der Waals surface area contributed by atoms with Gasteiger partial charge in [0.1, 0.15) is 18.4 Å². The van der Waals surface area contributed by atoms with Gasteiger partial charge in [-0.25, -0.2) is 5.43 Å². The van der Waals surface area contributed by atoms with Gasteiger partial charge in [0.2, 0.25) is 0 Å². The van der Waals surface area contributed by atoms with Crippen LogP contribution in [-0.2, 0) is 4.79 Å². The number of ether oxygens (including phenoxy) is 1. The van der Waals surface area contributed by atoms with Crippen molar-refractivity contribution in [2.24, 2.45) is 5.10 Å². The minimum Gasteiger partial charge on any atom is -0.480 e. The molecule has 0 bridgehead atoms.